The minimum absolute atomic E-state index is 0.487. The van der Waals surface area contributed by atoms with Crippen LogP contribution in [0.1, 0.15) is 0 Å². The first-order chi connectivity index (χ1) is 9.22. The second kappa shape index (κ2) is 4.78. The second-order valence-corrected chi connectivity index (χ2v) is 4.56. The van der Waals surface area contributed by atoms with E-state index in [0.717, 1.165) is 10.9 Å². The van der Waals surface area contributed by atoms with Gasteiger partial charge in [0.15, 0.2) is 0 Å². The molecule has 0 unspecified atom stereocenters. The van der Waals surface area contributed by atoms with Crippen molar-refractivity contribution in [2.24, 2.45) is 0 Å². The number of halogens is 1. The highest BCUT2D eigenvalue weighted by atomic mass is 35.5. The number of nitrogens with two attached hydrogens (primary N) is 1. The molecule has 19 heavy (non-hydrogen) atoms. The Morgan fingerprint density at radius 1 is 1.05 bits per heavy atom. The fourth-order valence-corrected chi connectivity index (χ4v) is 2.06. The molecule has 0 radical (unpaired) electrons. The van der Waals surface area contributed by atoms with Gasteiger partial charge in [-0.3, -0.25) is 4.98 Å². The SMILES string of the molecule is Nc1ccc(Oc2ccc3cccnc3c2)c(Cl)c1. The van der Waals surface area contributed by atoms with Crippen LogP contribution < -0.4 is 10.5 Å². The van der Waals surface area contributed by atoms with E-state index >= 15 is 0 Å². The van der Waals surface area contributed by atoms with Gasteiger partial charge in [0.25, 0.3) is 0 Å². The van der Waals surface area contributed by atoms with Crippen LogP contribution in [0.4, 0.5) is 5.69 Å². The molecule has 2 aromatic carbocycles. The number of ether oxygens (including phenoxy) is 1. The smallest absolute Gasteiger partial charge is 0.146 e. The van der Waals surface area contributed by atoms with Gasteiger partial charge in [-0.25, -0.2) is 0 Å². The number of fused-ring (bicyclic) bond motifs is 1. The Labute approximate surface area is 115 Å². The molecule has 3 aromatic rings. The molecule has 0 atom stereocenters. The molecule has 0 saturated carbocycles. The van der Waals surface area contributed by atoms with Gasteiger partial charge in [0.05, 0.1) is 10.5 Å². The Balaban J connectivity index is 1.96. The summed E-state index contributed by atoms with van der Waals surface area (Å²) in [5.74, 6) is 1.27. The molecule has 0 spiro atoms. The minimum Gasteiger partial charge on any atom is -0.456 e. The van der Waals surface area contributed by atoms with Crippen LogP contribution in [0.5, 0.6) is 11.5 Å². The topological polar surface area (TPSA) is 48.1 Å². The maximum Gasteiger partial charge on any atom is 0.146 e. The van der Waals surface area contributed by atoms with E-state index in [0.29, 0.717) is 22.2 Å². The number of nitrogens with zero attached hydrogens (tertiary/aromatic N) is 1. The quantitative estimate of drug-likeness (QED) is 0.708. The fourth-order valence-electron chi connectivity index (χ4n) is 1.84. The maximum absolute atomic E-state index is 6.08. The third-order valence-electron chi connectivity index (χ3n) is 2.76. The van der Waals surface area contributed by atoms with Gasteiger partial charge < -0.3 is 10.5 Å². The fraction of sp³-hybridized carbons (Fsp3) is 0. The predicted octanol–water partition coefficient (Wildman–Crippen LogP) is 4.26. The number of benzene rings is 2. The van der Waals surface area contributed by atoms with Crippen molar-refractivity contribution in [3.63, 3.8) is 0 Å². The van der Waals surface area contributed by atoms with Gasteiger partial charge in [-0.2, -0.15) is 0 Å². The molecule has 0 amide bonds. The van der Waals surface area contributed by atoms with Crippen LogP contribution in [-0.4, -0.2) is 4.98 Å². The van der Waals surface area contributed by atoms with Crippen molar-refractivity contribution < 1.29 is 4.74 Å². The van der Waals surface area contributed by atoms with Gasteiger partial charge >= 0.3 is 0 Å². The molecule has 4 heteroatoms. The minimum atomic E-state index is 0.487. The predicted molar refractivity (Wildman–Crippen MR) is 77.7 cm³/mol. The van der Waals surface area contributed by atoms with Crippen molar-refractivity contribution in [3.8, 4) is 11.5 Å². The van der Waals surface area contributed by atoms with E-state index < -0.39 is 0 Å². The Hall–Kier alpha value is -2.26. The van der Waals surface area contributed by atoms with Crippen molar-refractivity contribution in [2.75, 3.05) is 5.73 Å². The monoisotopic (exact) mass is 270 g/mol. The van der Waals surface area contributed by atoms with Gasteiger partial charge in [0, 0.05) is 23.3 Å². The van der Waals surface area contributed by atoms with E-state index in [2.05, 4.69) is 4.98 Å². The number of nitrogen functional groups attached to an aromatic ring is 1. The van der Waals surface area contributed by atoms with Crippen molar-refractivity contribution in [3.05, 3.63) is 59.8 Å². The van der Waals surface area contributed by atoms with Crippen molar-refractivity contribution in [1.82, 2.24) is 4.98 Å². The molecule has 0 bridgehead atoms. The number of aromatic nitrogens is 1. The molecule has 0 fully saturated rings. The normalized spacial score (nSPS) is 10.6. The largest absolute Gasteiger partial charge is 0.456 e. The lowest BCUT2D eigenvalue weighted by Crippen LogP contribution is -1.89. The Kier molecular flexibility index (Phi) is 2.97. The molecule has 0 aliphatic heterocycles. The number of pyridine rings is 1. The van der Waals surface area contributed by atoms with Gasteiger partial charge in [0.2, 0.25) is 0 Å². The zero-order valence-corrected chi connectivity index (χ0v) is 10.8. The summed E-state index contributed by atoms with van der Waals surface area (Å²) in [5.41, 5.74) is 7.14. The van der Waals surface area contributed by atoms with Crippen molar-refractivity contribution in [2.45, 2.75) is 0 Å². The molecule has 0 aliphatic rings. The van der Waals surface area contributed by atoms with Gasteiger partial charge in [-0.1, -0.05) is 17.7 Å². The summed E-state index contributed by atoms with van der Waals surface area (Å²) in [6.45, 7) is 0. The summed E-state index contributed by atoms with van der Waals surface area (Å²) in [5, 5.41) is 1.55. The van der Waals surface area contributed by atoms with Crippen LogP contribution >= 0.6 is 11.6 Å². The number of rotatable bonds is 2. The molecule has 1 aromatic heterocycles. The molecule has 3 nitrogen and oxygen atoms in total. The Morgan fingerprint density at radius 3 is 2.79 bits per heavy atom. The highest BCUT2D eigenvalue weighted by molar-refractivity contribution is 6.32. The molecule has 1 heterocycles. The number of hydrogen-bond acceptors (Lipinski definition) is 3. The summed E-state index contributed by atoms with van der Waals surface area (Å²) in [7, 11) is 0. The lowest BCUT2D eigenvalue weighted by molar-refractivity contribution is 0.483. The van der Waals surface area contributed by atoms with Gasteiger partial charge in [0.1, 0.15) is 11.5 Å². The lowest BCUT2D eigenvalue weighted by atomic mass is 10.2. The van der Waals surface area contributed by atoms with E-state index in [-0.39, 0.29) is 0 Å². The summed E-state index contributed by atoms with van der Waals surface area (Å²) in [6, 6.07) is 14.8. The van der Waals surface area contributed by atoms with Gasteiger partial charge in [-0.05, 0) is 36.4 Å². The molecule has 3 rings (SSSR count). The standard InChI is InChI=1S/C15H11ClN2O/c16-13-8-11(17)4-6-15(13)19-12-5-3-10-2-1-7-18-14(10)9-12/h1-9H,17H2. The lowest BCUT2D eigenvalue weighted by Gasteiger charge is -2.08. The van der Waals surface area contributed by atoms with Crippen LogP contribution in [0.3, 0.4) is 0 Å². The average Bonchev–Trinajstić information content (AvgIpc) is 2.42. The number of hydrogen-bond donors (Lipinski definition) is 1. The van der Waals surface area contributed by atoms with Crippen LogP contribution in [-0.2, 0) is 0 Å². The zero-order valence-electron chi connectivity index (χ0n) is 10.0. The highest BCUT2D eigenvalue weighted by Crippen LogP contribution is 2.31. The van der Waals surface area contributed by atoms with E-state index in [4.69, 9.17) is 22.1 Å². The third kappa shape index (κ3) is 2.46. The average molecular weight is 271 g/mol. The molecule has 2 N–H and O–H groups in total. The summed E-state index contributed by atoms with van der Waals surface area (Å²) in [4.78, 5) is 4.29. The van der Waals surface area contributed by atoms with Crippen LogP contribution in [0.2, 0.25) is 5.02 Å². The second-order valence-electron chi connectivity index (χ2n) is 4.15. The summed E-state index contributed by atoms with van der Waals surface area (Å²) in [6.07, 6.45) is 1.75. The highest BCUT2D eigenvalue weighted by Gasteiger charge is 2.04. The van der Waals surface area contributed by atoms with E-state index in [9.17, 15) is 0 Å². The number of anilines is 1. The van der Waals surface area contributed by atoms with E-state index in [1.54, 1.807) is 24.4 Å². The van der Waals surface area contributed by atoms with Crippen LogP contribution in [0, 0.1) is 0 Å². The summed E-state index contributed by atoms with van der Waals surface area (Å²) < 4.78 is 5.74. The first kappa shape index (κ1) is 11.8. The Morgan fingerprint density at radius 2 is 1.95 bits per heavy atom. The van der Waals surface area contributed by atoms with Crippen molar-refractivity contribution in [1.29, 1.82) is 0 Å². The molecular formula is C15H11ClN2O. The first-order valence-electron chi connectivity index (χ1n) is 5.80. The van der Waals surface area contributed by atoms with Crippen molar-refractivity contribution >= 4 is 28.2 Å². The third-order valence-corrected chi connectivity index (χ3v) is 3.06. The maximum atomic E-state index is 6.08. The Bertz CT molecular complexity index is 743. The van der Waals surface area contributed by atoms with Crippen LogP contribution in [0.15, 0.2) is 54.7 Å². The van der Waals surface area contributed by atoms with Gasteiger partial charge in [-0.15, -0.1) is 0 Å². The molecule has 94 valence electrons. The molecular weight excluding hydrogens is 260 g/mol. The van der Waals surface area contributed by atoms with E-state index in [1.807, 2.05) is 30.3 Å². The molecule has 0 saturated heterocycles. The summed E-state index contributed by atoms with van der Waals surface area (Å²) >= 11 is 6.08. The van der Waals surface area contributed by atoms with E-state index in [1.165, 1.54) is 0 Å². The zero-order chi connectivity index (χ0) is 13.2. The van der Waals surface area contributed by atoms with Crippen LogP contribution in [0.25, 0.3) is 10.9 Å². The first-order valence-corrected chi connectivity index (χ1v) is 6.18. The molecule has 0 aliphatic carbocycles.